The summed E-state index contributed by atoms with van der Waals surface area (Å²) < 4.78 is 2.18. The SMILES string of the molecule is CC(C)(C)c1ccc(C[n+]2ccc(C=NC3=C=CC=C3)cc2)cc1. The number of aliphatic imine (C=N–C) groups is 1. The van der Waals surface area contributed by atoms with Gasteiger partial charge in [-0.1, -0.05) is 56.8 Å². The molecule has 2 aromatic rings. The van der Waals surface area contributed by atoms with Crippen molar-refractivity contribution in [2.45, 2.75) is 32.7 Å². The number of aromatic nitrogens is 1. The summed E-state index contributed by atoms with van der Waals surface area (Å²) in [5.41, 5.74) is 7.89. The highest BCUT2D eigenvalue weighted by atomic mass is 14.9. The normalized spacial score (nSPS) is 13.7. The van der Waals surface area contributed by atoms with Gasteiger partial charge in [-0.2, -0.15) is 0 Å². The highest BCUT2D eigenvalue weighted by Gasteiger charge is 2.13. The van der Waals surface area contributed by atoms with E-state index in [4.69, 9.17) is 0 Å². The van der Waals surface area contributed by atoms with Crippen LogP contribution in [0.1, 0.15) is 37.5 Å². The minimum Gasteiger partial charge on any atom is -0.248 e. The second kappa shape index (κ2) is 6.82. The third kappa shape index (κ3) is 4.18. The van der Waals surface area contributed by atoms with Gasteiger partial charge in [-0.05, 0) is 23.1 Å². The molecule has 24 heavy (non-hydrogen) atoms. The Labute approximate surface area is 144 Å². The summed E-state index contributed by atoms with van der Waals surface area (Å²) in [5, 5.41) is 0. The molecule has 1 aromatic heterocycles. The number of benzene rings is 1. The van der Waals surface area contributed by atoms with E-state index in [0.29, 0.717) is 0 Å². The molecule has 1 aliphatic rings. The van der Waals surface area contributed by atoms with E-state index < -0.39 is 0 Å². The van der Waals surface area contributed by atoms with Crippen molar-refractivity contribution in [3.8, 4) is 0 Å². The van der Waals surface area contributed by atoms with Crippen LogP contribution in [0.5, 0.6) is 0 Å². The zero-order valence-corrected chi connectivity index (χ0v) is 14.5. The molecule has 0 bridgehead atoms. The molecule has 0 fully saturated rings. The number of allylic oxidation sites excluding steroid dienone is 2. The Morgan fingerprint density at radius 1 is 1.04 bits per heavy atom. The molecule has 120 valence electrons. The lowest BCUT2D eigenvalue weighted by Crippen LogP contribution is -2.33. The standard InChI is InChI=1S/C22H23N2/c1-22(2,3)20-10-8-19(9-11-20)17-24-14-12-18(13-15-24)16-23-21-6-4-5-7-21/h4-6,8-16H,17H2,1-3H3/q+1. The Bertz CT molecular complexity index is 823. The Morgan fingerprint density at radius 2 is 1.75 bits per heavy atom. The van der Waals surface area contributed by atoms with Crippen LogP contribution in [0, 0.1) is 0 Å². The molecule has 3 rings (SSSR count). The predicted molar refractivity (Wildman–Crippen MR) is 99.2 cm³/mol. The molecular weight excluding hydrogens is 292 g/mol. The highest BCUT2D eigenvalue weighted by Crippen LogP contribution is 2.22. The van der Waals surface area contributed by atoms with Gasteiger partial charge < -0.3 is 0 Å². The summed E-state index contributed by atoms with van der Waals surface area (Å²) in [6.07, 6.45) is 11.8. The highest BCUT2D eigenvalue weighted by molar-refractivity contribution is 5.80. The molecular formula is C22H23N2+. The lowest BCUT2D eigenvalue weighted by molar-refractivity contribution is -0.688. The number of nitrogens with zero attached hydrogens (tertiary/aromatic N) is 2. The van der Waals surface area contributed by atoms with Crippen LogP contribution in [0.15, 0.2) is 83.4 Å². The Hall–Kier alpha value is -2.70. The lowest BCUT2D eigenvalue weighted by atomic mass is 9.87. The van der Waals surface area contributed by atoms with Crippen LogP contribution in [0.4, 0.5) is 0 Å². The van der Waals surface area contributed by atoms with Gasteiger partial charge in [0, 0.05) is 29.5 Å². The fourth-order valence-corrected chi connectivity index (χ4v) is 2.53. The van der Waals surface area contributed by atoms with Crippen LogP contribution in [-0.2, 0) is 12.0 Å². The number of hydrogen-bond acceptors (Lipinski definition) is 1. The number of hydrogen-bond donors (Lipinski definition) is 0. The molecule has 0 radical (unpaired) electrons. The topological polar surface area (TPSA) is 16.2 Å². The van der Waals surface area contributed by atoms with Crippen LogP contribution in [0.25, 0.3) is 0 Å². The van der Waals surface area contributed by atoms with Gasteiger partial charge in [-0.15, -0.1) is 0 Å². The first-order valence-electron chi connectivity index (χ1n) is 8.27. The van der Waals surface area contributed by atoms with Crippen molar-refractivity contribution >= 4 is 6.21 Å². The van der Waals surface area contributed by atoms with Gasteiger partial charge in [-0.25, -0.2) is 9.56 Å². The van der Waals surface area contributed by atoms with E-state index >= 15 is 0 Å². The van der Waals surface area contributed by atoms with Gasteiger partial charge >= 0.3 is 0 Å². The maximum Gasteiger partial charge on any atom is 0.173 e. The minimum atomic E-state index is 0.200. The van der Waals surface area contributed by atoms with E-state index in [2.05, 4.69) is 84.9 Å². The van der Waals surface area contributed by atoms with Crippen LogP contribution in [0.3, 0.4) is 0 Å². The largest absolute Gasteiger partial charge is 0.248 e. The number of rotatable bonds is 4. The van der Waals surface area contributed by atoms with E-state index in [1.54, 1.807) is 0 Å². The Balaban J connectivity index is 1.66. The van der Waals surface area contributed by atoms with Crippen LogP contribution in [-0.4, -0.2) is 6.21 Å². The molecule has 0 aliphatic heterocycles. The molecule has 2 nitrogen and oxygen atoms in total. The summed E-state index contributed by atoms with van der Waals surface area (Å²) in [6, 6.07) is 13.1. The van der Waals surface area contributed by atoms with Gasteiger partial charge in [0.15, 0.2) is 18.9 Å². The third-order valence-corrected chi connectivity index (χ3v) is 4.04. The van der Waals surface area contributed by atoms with E-state index in [0.717, 1.165) is 17.8 Å². The third-order valence-electron chi connectivity index (χ3n) is 4.04. The lowest BCUT2D eigenvalue weighted by Gasteiger charge is -2.18. The molecule has 0 atom stereocenters. The predicted octanol–water partition coefficient (Wildman–Crippen LogP) is 4.35. The molecule has 2 heteroatoms. The number of pyridine rings is 1. The monoisotopic (exact) mass is 315 g/mol. The van der Waals surface area contributed by atoms with Crippen molar-refractivity contribution in [1.82, 2.24) is 0 Å². The quantitative estimate of drug-likeness (QED) is 0.453. The molecule has 0 saturated heterocycles. The van der Waals surface area contributed by atoms with Crippen molar-refractivity contribution in [3.05, 3.63) is 95.1 Å². The van der Waals surface area contributed by atoms with Gasteiger partial charge in [0.1, 0.15) is 5.70 Å². The smallest absolute Gasteiger partial charge is 0.173 e. The zero-order chi connectivity index (χ0) is 17.0. The maximum atomic E-state index is 4.39. The maximum absolute atomic E-state index is 4.39. The average molecular weight is 315 g/mol. The molecule has 1 aromatic carbocycles. The van der Waals surface area contributed by atoms with Crippen LogP contribution < -0.4 is 4.57 Å². The first-order chi connectivity index (χ1) is 11.5. The summed E-state index contributed by atoms with van der Waals surface area (Å²) in [5.74, 6) is 0. The molecule has 0 saturated carbocycles. The van der Waals surface area contributed by atoms with Gasteiger partial charge in [0.25, 0.3) is 0 Å². The van der Waals surface area contributed by atoms with E-state index in [1.165, 1.54) is 11.1 Å². The molecule has 0 spiro atoms. The van der Waals surface area contributed by atoms with Crippen LogP contribution >= 0.6 is 0 Å². The Morgan fingerprint density at radius 3 is 2.33 bits per heavy atom. The first-order valence-corrected chi connectivity index (χ1v) is 8.27. The summed E-state index contributed by atoms with van der Waals surface area (Å²) in [6.45, 7) is 7.59. The van der Waals surface area contributed by atoms with E-state index in [-0.39, 0.29) is 5.41 Å². The van der Waals surface area contributed by atoms with Crippen molar-refractivity contribution in [1.29, 1.82) is 0 Å². The van der Waals surface area contributed by atoms with Crippen LogP contribution in [0.2, 0.25) is 0 Å². The van der Waals surface area contributed by atoms with E-state index in [9.17, 15) is 0 Å². The van der Waals surface area contributed by atoms with Crippen molar-refractivity contribution in [2.24, 2.45) is 4.99 Å². The Kier molecular flexibility index (Phi) is 4.59. The molecule has 0 unspecified atom stereocenters. The van der Waals surface area contributed by atoms with Crippen molar-refractivity contribution < 1.29 is 4.57 Å². The van der Waals surface area contributed by atoms with Crippen molar-refractivity contribution in [3.63, 3.8) is 0 Å². The molecule has 0 amide bonds. The second-order valence-electron chi connectivity index (χ2n) is 7.06. The zero-order valence-electron chi connectivity index (χ0n) is 14.5. The van der Waals surface area contributed by atoms with Crippen molar-refractivity contribution in [2.75, 3.05) is 0 Å². The summed E-state index contributed by atoms with van der Waals surface area (Å²) in [4.78, 5) is 4.39. The van der Waals surface area contributed by atoms with Gasteiger partial charge in [0.05, 0.1) is 0 Å². The second-order valence-corrected chi connectivity index (χ2v) is 7.06. The van der Waals surface area contributed by atoms with Gasteiger partial charge in [-0.3, -0.25) is 0 Å². The minimum absolute atomic E-state index is 0.200. The molecule has 1 aliphatic carbocycles. The molecule has 1 heterocycles. The van der Waals surface area contributed by atoms with Gasteiger partial charge in [0.2, 0.25) is 0 Å². The average Bonchev–Trinajstić information content (AvgIpc) is 3.07. The molecule has 0 N–H and O–H groups in total. The fraction of sp³-hybridized carbons (Fsp3) is 0.227. The first kappa shape index (κ1) is 16.2. The summed E-state index contributed by atoms with van der Waals surface area (Å²) >= 11 is 0. The van der Waals surface area contributed by atoms with E-state index in [1.807, 2.05) is 24.4 Å². The fourth-order valence-electron chi connectivity index (χ4n) is 2.53. The summed E-state index contributed by atoms with van der Waals surface area (Å²) in [7, 11) is 0.